The summed E-state index contributed by atoms with van der Waals surface area (Å²) in [6, 6.07) is 7.04. The van der Waals surface area contributed by atoms with E-state index in [1.165, 1.54) is 19.3 Å². The number of carbonyl (C=O) groups is 1. The molecule has 1 aliphatic heterocycles. The zero-order chi connectivity index (χ0) is 15.1. The lowest BCUT2D eigenvalue weighted by atomic mass is 10.1. The minimum atomic E-state index is 0.00181. The third kappa shape index (κ3) is 5.56. The van der Waals surface area contributed by atoms with Crippen LogP contribution in [0, 0.1) is 0 Å². The lowest BCUT2D eigenvalue weighted by Gasteiger charge is -2.28. The molecule has 21 heavy (non-hydrogen) atoms. The van der Waals surface area contributed by atoms with Crippen molar-refractivity contribution in [3.8, 4) is 5.75 Å². The van der Waals surface area contributed by atoms with E-state index in [9.17, 15) is 4.79 Å². The molecule has 1 aromatic rings. The summed E-state index contributed by atoms with van der Waals surface area (Å²) < 4.78 is 5.47. The first-order valence-electron chi connectivity index (χ1n) is 7.50. The number of hydrogen-bond acceptors (Lipinski definition) is 3. The minimum absolute atomic E-state index is 0.00181. The molecule has 0 radical (unpaired) electrons. The molecular weight excluding hydrogens is 288 g/mol. The van der Waals surface area contributed by atoms with Crippen LogP contribution in [0.5, 0.6) is 5.75 Å². The van der Waals surface area contributed by atoms with Crippen LogP contribution in [0.3, 0.4) is 0 Å². The summed E-state index contributed by atoms with van der Waals surface area (Å²) in [4.78, 5) is 16.2. The maximum atomic E-state index is 12.0. The van der Waals surface area contributed by atoms with Crippen LogP contribution in [0.25, 0.3) is 0 Å². The fraction of sp³-hybridized carbons (Fsp3) is 0.562. The highest BCUT2D eigenvalue weighted by Gasteiger charge is 2.13. The Balaban J connectivity index is 1.68. The number of likely N-dealkylation sites (tertiary alicyclic amines) is 1. The average Bonchev–Trinajstić information content (AvgIpc) is 2.52. The molecule has 0 bridgehead atoms. The molecule has 0 atom stereocenters. The van der Waals surface area contributed by atoms with Crippen LogP contribution in [0.4, 0.5) is 0 Å². The van der Waals surface area contributed by atoms with E-state index in [0.29, 0.717) is 10.8 Å². The van der Waals surface area contributed by atoms with E-state index in [2.05, 4.69) is 4.90 Å². The van der Waals surface area contributed by atoms with Gasteiger partial charge in [-0.05, 0) is 50.2 Å². The summed E-state index contributed by atoms with van der Waals surface area (Å²) in [6.07, 6.45) is 3.88. The highest BCUT2D eigenvalue weighted by atomic mass is 35.5. The van der Waals surface area contributed by atoms with E-state index in [-0.39, 0.29) is 12.5 Å². The number of nitrogens with zero attached hydrogens (tertiary/aromatic N) is 2. The largest absolute Gasteiger partial charge is 0.484 e. The zero-order valence-electron chi connectivity index (χ0n) is 12.6. The molecule has 0 spiro atoms. The number of carbonyl (C=O) groups excluding carboxylic acids is 1. The Morgan fingerprint density at radius 3 is 2.57 bits per heavy atom. The highest BCUT2D eigenvalue weighted by Crippen LogP contribution is 2.15. The Morgan fingerprint density at radius 2 is 1.90 bits per heavy atom. The molecule has 0 saturated carbocycles. The maximum absolute atomic E-state index is 12.0. The second-order valence-corrected chi connectivity index (χ2v) is 5.90. The van der Waals surface area contributed by atoms with Crippen molar-refractivity contribution < 1.29 is 9.53 Å². The van der Waals surface area contributed by atoms with Gasteiger partial charge < -0.3 is 14.5 Å². The van der Waals surface area contributed by atoms with Gasteiger partial charge in [0.05, 0.1) is 0 Å². The summed E-state index contributed by atoms with van der Waals surface area (Å²) in [6.45, 7) is 4.08. The first-order chi connectivity index (χ1) is 10.1. The van der Waals surface area contributed by atoms with Crippen LogP contribution in [0.1, 0.15) is 19.3 Å². The van der Waals surface area contributed by atoms with Gasteiger partial charge in [-0.15, -0.1) is 0 Å². The van der Waals surface area contributed by atoms with E-state index in [1.54, 1.807) is 29.2 Å². The Kier molecular flexibility index (Phi) is 6.33. The molecule has 0 aliphatic carbocycles. The number of benzene rings is 1. The molecule has 1 fully saturated rings. The van der Waals surface area contributed by atoms with Gasteiger partial charge in [-0.3, -0.25) is 4.79 Å². The van der Waals surface area contributed by atoms with Crippen LogP contribution in [-0.4, -0.2) is 55.5 Å². The van der Waals surface area contributed by atoms with Crippen molar-refractivity contribution in [2.45, 2.75) is 19.3 Å². The fourth-order valence-corrected chi connectivity index (χ4v) is 2.51. The molecule has 1 amide bonds. The molecule has 116 valence electrons. The van der Waals surface area contributed by atoms with Gasteiger partial charge in [-0.1, -0.05) is 18.0 Å². The minimum Gasteiger partial charge on any atom is -0.484 e. The lowest BCUT2D eigenvalue weighted by Crippen LogP contribution is -2.40. The first-order valence-corrected chi connectivity index (χ1v) is 7.87. The van der Waals surface area contributed by atoms with Crippen LogP contribution in [0.2, 0.25) is 5.02 Å². The quantitative estimate of drug-likeness (QED) is 0.810. The van der Waals surface area contributed by atoms with Crippen molar-refractivity contribution in [1.82, 2.24) is 9.80 Å². The van der Waals surface area contributed by atoms with Gasteiger partial charge in [0.2, 0.25) is 0 Å². The number of halogens is 1. The Bertz CT molecular complexity index is 444. The monoisotopic (exact) mass is 310 g/mol. The van der Waals surface area contributed by atoms with Crippen LogP contribution in [0.15, 0.2) is 24.3 Å². The predicted octanol–water partition coefficient (Wildman–Crippen LogP) is 2.66. The normalized spacial score (nSPS) is 15.7. The Morgan fingerprint density at radius 1 is 1.24 bits per heavy atom. The number of piperidine rings is 1. The van der Waals surface area contributed by atoms with Gasteiger partial charge in [0.1, 0.15) is 5.75 Å². The van der Waals surface area contributed by atoms with Gasteiger partial charge >= 0.3 is 0 Å². The fourth-order valence-electron chi connectivity index (χ4n) is 2.39. The van der Waals surface area contributed by atoms with E-state index in [1.807, 2.05) is 7.05 Å². The molecule has 1 heterocycles. The van der Waals surface area contributed by atoms with E-state index >= 15 is 0 Å². The van der Waals surface area contributed by atoms with Crippen LogP contribution < -0.4 is 4.74 Å². The number of amides is 1. The van der Waals surface area contributed by atoms with E-state index in [4.69, 9.17) is 16.3 Å². The Hall–Kier alpha value is -1.26. The van der Waals surface area contributed by atoms with Crippen LogP contribution >= 0.6 is 11.6 Å². The standard InChI is InChI=1S/C16H23ClN2O2/c1-18(11-12-19-9-3-2-4-10-19)16(20)13-21-15-7-5-14(17)6-8-15/h5-8H,2-4,9-13H2,1H3. The molecule has 1 aliphatic rings. The second-order valence-electron chi connectivity index (χ2n) is 5.46. The van der Waals surface area contributed by atoms with Crippen molar-refractivity contribution >= 4 is 17.5 Å². The van der Waals surface area contributed by atoms with Crippen molar-refractivity contribution in [3.63, 3.8) is 0 Å². The van der Waals surface area contributed by atoms with E-state index < -0.39 is 0 Å². The van der Waals surface area contributed by atoms with Crippen molar-refractivity contribution in [1.29, 1.82) is 0 Å². The molecule has 4 nitrogen and oxygen atoms in total. The summed E-state index contributed by atoms with van der Waals surface area (Å²) >= 11 is 5.80. The van der Waals surface area contributed by atoms with Crippen molar-refractivity contribution in [2.24, 2.45) is 0 Å². The van der Waals surface area contributed by atoms with Gasteiger partial charge in [0.25, 0.3) is 5.91 Å². The smallest absolute Gasteiger partial charge is 0.260 e. The van der Waals surface area contributed by atoms with Crippen molar-refractivity contribution in [2.75, 3.05) is 39.8 Å². The molecule has 0 aromatic heterocycles. The molecule has 1 aromatic carbocycles. The molecular formula is C16H23ClN2O2. The first kappa shape index (κ1) is 16.1. The van der Waals surface area contributed by atoms with E-state index in [0.717, 1.165) is 26.2 Å². The topological polar surface area (TPSA) is 32.8 Å². The summed E-state index contributed by atoms with van der Waals surface area (Å²) in [5.41, 5.74) is 0. The Labute approximate surface area is 131 Å². The third-order valence-electron chi connectivity index (χ3n) is 3.80. The van der Waals surface area contributed by atoms with Crippen LogP contribution in [-0.2, 0) is 4.79 Å². The third-order valence-corrected chi connectivity index (χ3v) is 4.05. The molecule has 1 saturated heterocycles. The molecule has 0 unspecified atom stereocenters. The number of ether oxygens (including phenoxy) is 1. The summed E-state index contributed by atoms with van der Waals surface area (Å²) in [5, 5.41) is 0.660. The maximum Gasteiger partial charge on any atom is 0.260 e. The second kappa shape index (κ2) is 8.25. The zero-order valence-corrected chi connectivity index (χ0v) is 13.3. The lowest BCUT2D eigenvalue weighted by molar-refractivity contribution is -0.132. The van der Waals surface area contributed by atoms with Gasteiger partial charge in [0.15, 0.2) is 6.61 Å². The molecule has 5 heteroatoms. The van der Waals surface area contributed by atoms with Gasteiger partial charge in [0, 0.05) is 25.2 Å². The summed E-state index contributed by atoms with van der Waals surface area (Å²) in [7, 11) is 1.83. The number of rotatable bonds is 6. The molecule has 0 N–H and O–H groups in total. The average molecular weight is 311 g/mol. The SMILES string of the molecule is CN(CCN1CCCCC1)C(=O)COc1ccc(Cl)cc1. The highest BCUT2D eigenvalue weighted by molar-refractivity contribution is 6.30. The van der Waals surface area contributed by atoms with Gasteiger partial charge in [-0.25, -0.2) is 0 Å². The predicted molar refractivity (Wildman–Crippen MR) is 84.9 cm³/mol. The summed E-state index contributed by atoms with van der Waals surface area (Å²) in [5.74, 6) is 0.666. The van der Waals surface area contributed by atoms with Gasteiger partial charge in [-0.2, -0.15) is 0 Å². The molecule has 2 rings (SSSR count). The van der Waals surface area contributed by atoms with Crippen molar-refractivity contribution in [3.05, 3.63) is 29.3 Å². The number of hydrogen-bond donors (Lipinski definition) is 0. The number of likely N-dealkylation sites (N-methyl/N-ethyl adjacent to an activating group) is 1.